The first kappa shape index (κ1) is 16.5. The van der Waals surface area contributed by atoms with E-state index in [-0.39, 0.29) is 17.7 Å². The second kappa shape index (κ2) is 7.95. The molecule has 0 unspecified atom stereocenters. The van der Waals surface area contributed by atoms with E-state index in [1.54, 1.807) is 6.07 Å². The molecule has 0 radical (unpaired) electrons. The van der Waals surface area contributed by atoms with Crippen LogP contribution in [0.3, 0.4) is 0 Å². The summed E-state index contributed by atoms with van der Waals surface area (Å²) in [5.74, 6) is 0.888. The van der Waals surface area contributed by atoms with E-state index in [9.17, 15) is 9.59 Å². The number of anilines is 1. The van der Waals surface area contributed by atoms with Crippen LogP contribution in [0.25, 0.3) is 0 Å². The molecule has 0 aliphatic heterocycles. The largest absolute Gasteiger partial charge is 0.351 e. The van der Waals surface area contributed by atoms with Crippen molar-refractivity contribution in [2.24, 2.45) is 11.8 Å². The molecule has 5 heteroatoms. The van der Waals surface area contributed by atoms with E-state index < -0.39 is 0 Å². The van der Waals surface area contributed by atoms with Crippen molar-refractivity contribution in [3.8, 4) is 0 Å². The number of rotatable bonds is 5. The average molecular weight is 334 g/mol. The number of nitrogens with one attached hydrogen (secondary N) is 2. The molecule has 2 aliphatic carbocycles. The molecule has 0 atom stereocenters. The summed E-state index contributed by atoms with van der Waals surface area (Å²) in [5, 5.41) is 6.75. The fraction of sp³-hybridized carbons (Fsp3) is 0.667. The molecule has 0 saturated heterocycles. The van der Waals surface area contributed by atoms with Gasteiger partial charge in [-0.25, -0.2) is 0 Å². The predicted molar refractivity (Wildman–Crippen MR) is 93.8 cm³/mol. The highest BCUT2D eigenvalue weighted by atomic mass is 32.1. The molecule has 0 bridgehead atoms. The lowest BCUT2D eigenvalue weighted by Gasteiger charge is -2.19. The van der Waals surface area contributed by atoms with Gasteiger partial charge in [0.25, 0.3) is 5.91 Å². The number of carbonyl (C=O) groups is 2. The molecular formula is C18H26N2O2S. The number of thiophene rings is 1. The van der Waals surface area contributed by atoms with Gasteiger partial charge in [-0.3, -0.25) is 9.59 Å². The van der Waals surface area contributed by atoms with Gasteiger partial charge in [0.2, 0.25) is 5.91 Å². The van der Waals surface area contributed by atoms with Gasteiger partial charge in [0.15, 0.2) is 0 Å². The molecule has 0 spiro atoms. The maximum atomic E-state index is 12.3. The average Bonchev–Trinajstić information content (AvgIpc) is 3.26. The summed E-state index contributed by atoms with van der Waals surface area (Å²) in [5.41, 5.74) is 0. The van der Waals surface area contributed by atoms with Gasteiger partial charge in [-0.1, -0.05) is 32.1 Å². The van der Waals surface area contributed by atoms with Crippen LogP contribution in [-0.4, -0.2) is 18.4 Å². The monoisotopic (exact) mass is 334 g/mol. The topological polar surface area (TPSA) is 58.2 Å². The number of hydrogen-bond acceptors (Lipinski definition) is 3. The Hall–Kier alpha value is -1.36. The molecule has 3 rings (SSSR count). The molecule has 2 N–H and O–H groups in total. The first-order chi connectivity index (χ1) is 11.2. The molecule has 1 aromatic heterocycles. The first-order valence-electron chi connectivity index (χ1n) is 8.91. The molecule has 2 aliphatic rings. The molecule has 2 saturated carbocycles. The van der Waals surface area contributed by atoms with Gasteiger partial charge >= 0.3 is 0 Å². The Balaban J connectivity index is 1.45. The van der Waals surface area contributed by atoms with Gasteiger partial charge in [0.05, 0.1) is 9.88 Å². The minimum absolute atomic E-state index is 0.0102. The van der Waals surface area contributed by atoms with Crippen molar-refractivity contribution in [1.82, 2.24) is 5.32 Å². The quantitative estimate of drug-likeness (QED) is 0.848. The summed E-state index contributed by atoms with van der Waals surface area (Å²) >= 11 is 1.36. The molecule has 0 aromatic carbocycles. The van der Waals surface area contributed by atoms with Gasteiger partial charge in [0.1, 0.15) is 0 Å². The lowest BCUT2D eigenvalue weighted by Crippen LogP contribution is -2.29. The highest BCUT2D eigenvalue weighted by Gasteiger charge is 2.29. The second-order valence-corrected chi connectivity index (χ2v) is 7.93. The van der Waals surface area contributed by atoms with E-state index >= 15 is 0 Å². The Morgan fingerprint density at radius 3 is 2.39 bits per heavy atom. The SMILES string of the molecule is O=C(NCC1CCCCCCC1)c1ccc(NC(=O)C2CC2)s1. The fourth-order valence-electron chi connectivity index (χ4n) is 3.17. The summed E-state index contributed by atoms with van der Waals surface area (Å²) in [7, 11) is 0. The Morgan fingerprint density at radius 1 is 1.00 bits per heavy atom. The number of carbonyl (C=O) groups excluding carboxylic acids is 2. The van der Waals surface area contributed by atoms with E-state index in [0.717, 1.165) is 24.4 Å². The van der Waals surface area contributed by atoms with Crippen molar-refractivity contribution >= 4 is 28.2 Å². The molecule has 1 aromatic rings. The highest BCUT2D eigenvalue weighted by molar-refractivity contribution is 7.18. The standard InChI is InChI=1S/C18H26N2O2S/c21-17(14-8-9-14)20-16-11-10-15(23-16)18(22)19-12-13-6-4-2-1-3-5-7-13/h10-11,13-14H,1-9,12H2,(H,19,22)(H,20,21). The van der Waals surface area contributed by atoms with Crippen LogP contribution in [0.2, 0.25) is 0 Å². The van der Waals surface area contributed by atoms with Gasteiger partial charge in [-0.15, -0.1) is 11.3 Å². The minimum Gasteiger partial charge on any atom is -0.351 e. The van der Waals surface area contributed by atoms with Crippen molar-refractivity contribution in [3.05, 3.63) is 17.0 Å². The Labute approximate surface area is 142 Å². The molecule has 23 heavy (non-hydrogen) atoms. The van der Waals surface area contributed by atoms with E-state index in [0.29, 0.717) is 10.8 Å². The Bertz CT molecular complexity index is 543. The van der Waals surface area contributed by atoms with Crippen LogP contribution >= 0.6 is 11.3 Å². The minimum atomic E-state index is -0.0102. The predicted octanol–water partition coefficient (Wildman–Crippen LogP) is 4.19. The summed E-state index contributed by atoms with van der Waals surface area (Å²) in [6.07, 6.45) is 11.1. The van der Waals surface area contributed by atoms with E-state index in [2.05, 4.69) is 10.6 Å². The first-order valence-corrected chi connectivity index (χ1v) is 9.73. The summed E-state index contributed by atoms with van der Waals surface area (Å²) in [6, 6.07) is 3.64. The van der Waals surface area contributed by atoms with Crippen LogP contribution in [0.1, 0.15) is 67.5 Å². The van der Waals surface area contributed by atoms with E-state index in [4.69, 9.17) is 0 Å². The molecule has 126 valence electrons. The van der Waals surface area contributed by atoms with Gasteiger partial charge in [-0.2, -0.15) is 0 Å². The van der Waals surface area contributed by atoms with Crippen LogP contribution < -0.4 is 10.6 Å². The van der Waals surface area contributed by atoms with Crippen LogP contribution in [0.4, 0.5) is 5.00 Å². The third kappa shape index (κ3) is 5.06. The Kier molecular flexibility index (Phi) is 5.70. The van der Waals surface area contributed by atoms with Crippen LogP contribution in [0.15, 0.2) is 12.1 Å². The summed E-state index contributed by atoms with van der Waals surface area (Å²) in [4.78, 5) is 24.7. The maximum Gasteiger partial charge on any atom is 0.261 e. The van der Waals surface area contributed by atoms with E-state index in [1.807, 2.05) is 6.07 Å². The Morgan fingerprint density at radius 2 is 1.70 bits per heavy atom. The second-order valence-electron chi connectivity index (χ2n) is 6.85. The molecule has 4 nitrogen and oxygen atoms in total. The zero-order chi connectivity index (χ0) is 16.1. The summed E-state index contributed by atoms with van der Waals surface area (Å²) in [6.45, 7) is 0.778. The van der Waals surface area contributed by atoms with Gasteiger partial charge in [0, 0.05) is 12.5 Å². The van der Waals surface area contributed by atoms with Gasteiger partial charge < -0.3 is 10.6 Å². The molecule has 1 heterocycles. The van der Waals surface area contributed by atoms with Crippen molar-refractivity contribution in [3.63, 3.8) is 0 Å². The van der Waals surface area contributed by atoms with Gasteiger partial charge in [-0.05, 0) is 43.7 Å². The lowest BCUT2D eigenvalue weighted by atomic mass is 9.91. The summed E-state index contributed by atoms with van der Waals surface area (Å²) < 4.78 is 0. The third-order valence-corrected chi connectivity index (χ3v) is 5.80. The van der Waals surface area contributed by atoms with Crippen LogP contribution in [-0.2, 0) is 4.79 Å². The van der Waals surface area contributed by atoms with Crippen LogP contribution in [0.5, 0.6) is 0 Å². The molecule has 2 fully saturated rings. The lowest BCUT2D eigenvalue weighted by molar-refractivity contribution is -0.117. The van der Waals surface area contributed by atoms with Crippen molar-refractivity contribution in [2.45, 2.75) is 57.8 Å². The maximum absolute atomic E-state index is 12.3. The normalized spacial score (nSPS) is 19.7. The van der Waals surface area contributed by atoms with Crippen molar-refractivity contribution < 1.29 is 9.59 Å². The number of amides is 2. The zero-order valence-corrected chi connectivity index (χ0v) is 14.4. The van der Waals surface area contributed by atoms with Crippen molar-refractivity contribution in [2.75, 3.05) is 11.9 Å². The molecule has 2 amide bonds. The molecular weight excluding hydrogens is 308 g/mol. The smallest absolute Gasteiger partial charge is 0.261 e. The zero-order valence-electron chi connectivity index (χ0n) is 13.6. The van der Waals surface area contributed by atoms with Crippen molar-refractivity contribution in [1.29, 1.82) is 0 Å². The highest BCUT2D eigenvalue weighted by Crippen LogP contribution is 2.31. The van der Waals surface area contributed by atoms with Crippen LogP contribution in [0, 0.1) is 11.8 Å². The number of hydrogen-bond donors (Lipinski definition) is 2. The third-order valence-electron chi connectivity index (χ3n) is 4.80. The van der Waals surface area contributed by atoms with E-state index in [1.165, 1.54) is 56.3 Å². The fourth-order valence-corrected chi connectivity index (χ4v) is 3.99.